The van der Waals surface area contributed by atoms with Crippen LogP contribution in [0.15, 0.2) is 24.3 Å². The Morgan fingerprint density at radius 2 is 1.75 bits per heavy atom. The highest BCUT2D eigenvalue weighted by Crippen LogP contribution is 2.14. The van der Waals surface area contributed by atoms with Crippen molar-refractivity contribution in [3.05, 3.63) is 29.8 Å². The topological polar surface area (TPSA) is 44.8 Å². The lowest BCUT2D eigenvalue weighted by Gasteiger charge is -2.20. The molecule has 4 nitrogen and oxygen atoms in total. The average Bonchev–Trinajstić information content (AvgIpc) is 2.41. The van der Waals surface area contributed by atoms with E-state index in [-0.39, 0.29) is 11.4 Å². The smallest absolute Gasteiger partial charge is 0.191 e. The minimum atomic E-state index is -0.480. The largest absolute Gasteiger partial charge is 0.497 e. The molecule has 1 atom stereocenters. The van der Waals surface area contributed by atoms with Crippen LogP contribution in [-0.2, 0) is 9.47 Å². The molecule has 0 amide bonds. The molecule has 1 rings (SSSR count). The number of carbonyl (C=O) groups is 1. The van der Waals surface area contributed by atoms with Gasteiger partial charge < -0.3 is 14.2 Å². The maximum absolute atomic E-state index is 12.1. The summed E-state index contributed by atoms with van der Waals surface area (Å²) in [6, 6.07) is 7.02. The van der Waals surface area contributed by atoms with E-state index in [0.29, 0.717) is 18.8 Å². The molecule has 0 aliphatic rings. The highest BCUT2D eigenvalue weighted by molar-refractivity contribution is 5.99. The molecule has 1 aromatic rings. The maximum atomic E-state index is 12.1. The number of ketones is 1. The molecule has 0 N–H and O–H groups in total. The van der Waals surface area contributed by atoms with Crippen LogP contribution in [0.5, 0.6) is 5.75 Å². The Hall–Kier alpha value is -1.39. The van der Waals surface area contributed by atoms with E-state index in [2.05, 4.69) is 0 Å². The van der Waals surface area contributed by atoms with Gasteiger partial charge in [-0.1, -0.05) is 0 Å². The van der Waals surface area contributed by atoms with Gasteiger partial charge in [-0.15, -0.1) is 0 Å². The summed E-state index contributed by atoms with van der Waals surface area (Å²) in [6.07, 6.45) is -0.480. The molecule has 0 aliphatic heterocycles. The fourth-order valence-electron chi connectivity index (χ4n) is 1.64. The van der Waals surface area contributed by atoms with Crippen LogP contribution in [0.3, 0.4) is 0 Å². The van der Waals surface area contributed by atoms with Crippen molar-refractivity contribution in [2.75, 3.05) is 20.3 Å². The number of benzene rings is 1. The van der Waals surface area contributed by atoms with Crippen LogP contribution in [0.25, 0.3) is 0 Å². The van der Waals surface area contributed by atoms with E-state index in [0.717, 1.165) is 5.75 Å². The lowest BCUT2D eigenvalue weighted by Crippen LogP contribution is -2.26. The number of rotatable bonds is 7. The molecular weight excluding hydrogens is 256 g/mol. The first-order valence-electron chi connectivity index (χ1n) is 6.77. The van der Waals surface area contributed by atoms with E-state index in [1.54, 1.807) is 38.3 Å². The van der Waals surface area contributed by atoms with E-state index in [9.17, 15) is 4.79 Å². The van der Waals surface area contributed by atoms with Gasteiger partial charge in [-0.2, -0.15) is 0 Å². The van der Waals surface area contributed by atoms with Crippen molar-refractivity contribution in [3.63, 3.8) is 0 Å². The Morgan fingerprint density at radius 1 is 1.15 bits per heavy atom. The zero-order valence-corrected chi connectivity index (χ0v) is 12.9. The summed E-state index contributed by atoms with van der Waals surface area (Å²) in [5.41, 5.74) is 0.433. The van der Waals surface area contributed by atoms with Crippen molar-refractivity contribution in [2.45, 2.75) is 39.4 Å². The third kappa shape index (κ3) is 5.72. The van der Waals surface area contributed by atoms with Gasteiger partial charge >= 0.3 is 0 Å². The van der Waals surface area contributed by atoms with Gasteiger partial charge in [0.15, 0.2) is 5.78 Å². The zero-order chi connectivity index (χ0) is 15.2. The number of ether oxygens (including phenoxy) is 3. The van der Waals surface area contributed by atoms with Crippen molar-refractivity contribution in [2.24, 2.45) is 0 Å². The van der Waals surface area contributed by atoms with E-state index < -0.39 is 6.10 Å². The molecule has 0 saturated heterocycles. The highest BCUT2D eigenvalue weighted by Gasteiger charge is 2.16. The van der Waals surface area contributed by atoms with E-state index >= 15 is 0 Å². The first kappa shape index (κ1) is 16.7. The number of hydrogen-bond acceptors (Lipinski definition) is 4. The summed E-state index contributed by atoms with van der Waals surface area (Å²) >= 11 is 0. The quantitative estimate of drug-likeness (QED) is 0.568. The van der Waals surface area contributed by atoms with Gasteiger partial charge in [0, 0.05) is 5.56 Å². The fraction of sp³-hybridized carbons (Fsp3) is 0.562. The van der Waals surface area contributed by atoms with Gasteiger partial charge in [0.1, 0.15) is 11.9 Å². The van der Waals surface area contributed by atoms with Gasteiger partial charge in [0.05, 0.1) is 25.9 Å². The van der Waals surface area contributed by atoms with Crippen LogP contribution in [0.2, 0.25) is 0 Å². The molecule has 0 fully saturated rings. The minimum Gasteiger partial charge on any atom is -0.497 e. The summed E-state index contributed by atoms with van der Waals surface area (Å²) in [5, 5.41) is 0. The summed E-state index contributed by atoms with van der Waals surface area (Å²) in [6.45, 7) is 8.59. The van der Waals surface area contributed by atoms with Gasteiger partial charge in [0.25, 0.3) is 0 Å². The summed E-state index contributed by atoms with van der Waals surface area (Å²) in [5.74, 6) is 0.692. The van der Waals surface area contributed by atoms with Crippen molar-refractivity contribution in [1.29, 1.82) is 0 Å². The van der Waals surface area contributed by atoms with E-state index in [4.69, 9.17) is 14.2 Å². The van der Waals surface area contributed by atoms with Crippen LogP contribution < -0.4 is 4.74 Å². The molecular formula is C16H24O4. The van der Waals surface area contributed by atoms with Gasteiger partial charge in [-0.05, 0) is 52.0 Å². The molecule has 0 aliphatic carbocycles. The maximum Gasteiger partial charge on any atom is 0.191 e. The predicted molar refractivity (Wildman–Crippen MR) is 78.4 cm³/mol. The molecule has 0 bridgehead atoms. The van der Waals surface area contributed by atoms with Crippen LogP contribution >= 0.6 is 0 Å². The lowest BCUT2D eigenvalue weighted by atomic mass is 10.1. The number of methoxy groups -OCH3 is 1. The van der Waals surface area contributed by atoms with Gasteiger partial charge in [-0.25, -0.2) is 0 Å². The van der Waals surface area contributed by atoms with Crippen LogP contribution in [0, 0.1) is 0 Å². The normalized spacial score (nSPS) is 13.1. The van der Waals surface area contributed by atoms with Gasteiger partial charge in [-0.3, -0.25) is 4.79 Å². The van der Waals surface area contributed by atoms with E-state index in [1.165, 1.54) is 0 Å². The standard InChI is InChI=1S/C16H24O4/c1-12(19-10-11-20-16(2,3)4)15(17)13-6-8-14(18-5)9-7-13/h6-9,12H,10-11H2,1-5H3. The zero-order valence-electron chi connectivity index (χ0n) is 12.9. The second kappa shape index (κ2) is 7.41. The summed E-state index contributed by atoms with van der Waals surface area (Å²) in [7, 11) is 1.60. The molecule has 0 saturated carbocycles. The number of carbonyl (C=O) groups excluding carboxylic acids is 1. The van der Waals surface area contributed by atoms with Crippen molar-refractivity contribution < 1.29 is 19.0 Å². The minimum absolute atomic E-state index is 0.0385. The van der Waals surface area contributed by atoms with Crippen molar-refractivity contribution in [1.82, 2.24) is 0 Å². The number of Topliss-reactive ketones (excluding diaryl/α,β-unsaturated/α-hetero) is 1. The van der Waals surface area contributed by atoms with E-state index in [1.807, 2.05) is 20.8 Å². The molecule has 4 heteroatoms. The first-order valence-corrected chi connectivity index (χ1v) is 6.77. The molecule has 1 aromatic carbocycles. The van der Waals surface area contributed by atoms with Crippen LogP contribution in [0.4, 0.5) is 0 Å². The van der Waals surface area contributed by atoms with Crippen LogP contribution in [-0.4, -0.2) is 37.8 Å². The molecule has 112 valence electrons. The highest BCUT2D eigenvalue weighted by atomic mass is 16.5. The Morgan fingerprint density at radius 3 is 2.25 bits per heavy atom. The first-order chi connectivity index (χ1) is 9.33. The Balaban J connectivity index is 2.42. The molecule has 0 radical (unpaired) electrons. The Kier molecular flexibility index (Phi) is 6.17. The summed E-state index contributed by atoms with van der Waals surface area (Å²) in [4.78, 5) is 12.1. The molecule has 1 unspecified atom stereocenters. The number of hydrogen-bond donors (Lipinski definition) is 0. The molecule has 20 heavy (non-hydrogen) atoms. The van der Waals surface area contributed by atoms with Crippen molar-refractivity contribution in [3.8, 4) is 5.75 Å². The summed E-state index contributed by atoms with van der Waals surface area (Å²) < 4.78 is 16.1. The SMILES string of the molecule is COc1ccc(C(=O)C(C)OCCOC(C)(C)C)cc1. The van der Waals surface area contributed by atoms with Crippen molar-refractivity contribution >= 4 is 5.78 Å². The third-order valence-corrected chi connectivity index (χ3v) is 2.73. The molecule has 0 spiro atoms. The lowest BCUT2D eigenvalue weighted by molar-refractivity contribution is -0.0436. The second-order valence-electron chi connectivity index (χ2n) is 5.57. The predicted octanol–water partition coefficient (Wildman–Crippen LogP) is 3.10. The Labute approximate surface area is 121 Å². The Bertz CT molecular complexity index is 417. The third-order valence-electron chi connectivity index (χ3n) is 2.73. The molecule has 0 heterocycles. The average molecular weight is 280 g/mol. The van der Waals surface area contributed by atoms with Crippen LogP contribution in [0.1, 0.15) is 38.1 Å². The second-order valence-corrected chi connectivity index (χ2v) is 5.57. The fourth-order valence-corrected chi connectivity index (χ4v) is 1.64. The van der Waals surface area contributed by atoms with Gasteiger partial charge in [0.2, 0.25) is 0 Å². The molecule has 0 aromatic heterocycles. The monoisotopic (exact) mass is 280 g/mol.